The standard InChI is InChI=1S/C38H40F3N5O7S/c1-37(2,3)53-36(48)46-22-30(23-46)51-32-14-11-28(21-31(32)44-54(49,50)24-25-7-5-4-6-8-25)35(47)45-19-17-27(18-20-45)26-9-12-29(13-10-26)52-34-16-15-33(42-43-34)38(39,40)41/h4-16,21,27,30,44H,17-20,22-24H2,1-3H3. The van der Waals surface area contributed by atoms with Crippen molar-refractivity contribution in [3.8, 4) is 17.4 Å². The second-order valence-corrected chi connectivity index (χ2v) is 15.9. The molecule has 3 heterocycles. The second kappa shape index (κ2) is 15.5. The van der Waals surface area contributed by atoms with Crippen molar-refractivity contribution in [1.29, 1.82) is 0 Å². The zero-order valence-electron chi connectivity index (χ0n) is 29.9. The van der Waals surface area contributed by atoms with Crippen LogP contribution in [0.1, 0.15) is 66.7 Å². The van der Waals surface area contributed by atoms with E-state index in [1.807, 2.05) is 12.1 Å². The number of halogens is 3. The largest absolute Gasteiger partial charge is 0.485 e. The van der Waals surface area contributed by atoms with Gasteiger partial charge in [-0.2, -0.15) is 13.2 Å². The highest BCUT2D eigenvalue weighted by Gasteiger charge is 2.36. The summed E-state index contributed by atoms with van der Waals surface area (Å²) in [5.74, 6) is 0.152. The molecule has 0 atom stereocenters. The highest BCUT2D eigenvalue weighted by molar-refractivity contribution is 7.91. The topological polar surface area (TPSA) is 140 Å². The first-order valence-corrected chi connectivity index (χ1v) is 19.0. The molecular weight excluding hydrogens is 728 g/mol. The van der Waals surface area contributed by atoms with Crippen LogP contribution in [-0.4, -0.2) is 78.3 Å². The predicted molar refractivity (Wildman–Crippen MR) is 193 cm³/mol. The van der Waals surface area contributed by atoms with Gasteiger partial charge >= 0.3 is 12.3 Å². The van der Waals surface area contributed by atoms with Crippen LogP contribution in [0, 0.1) is 0 Å². The lowest BCUT2D eigenvalue weighted by atomic mass is 9.89. The summed E-state index contributed by atoms with van der Waals surface area (Å²) in [5.41, 5.74) is 0.257. The number of amides is 2. The van der Waals surface area contributed by atoms with E-state index >= 15 is 0 Å². The molecule has 1 N–H and O–H groups in total. The highest BCUT2D eigenvalue weighted by Crippen LogP contribution is 2.34. The first-order valence-electron chi connectivity index (χ1n) is 17.3. The molecule has 0 spiro atoms. The molecule has 2 aliphatic heterocycles. The maximum atomic E-state index is 13.7. The van der Waals surface area contributed by atoms with Crippen molar-refractivity contribution >= 4 is 27.7 Å². The van der Waals surface area contributed by atoms with E-state index < -0.39 is 39.7 Å². The fourth-order valence-electron chi connectivity index (χ4n) is 6.06. The molecule has 0 saturated carbocycles. The summed E-state index contributed by atoms with van der Waals surface area (Å²) in [6, 6.07) is 22.4. The summed E-state index contributed by atoms with van der Waals surface area (Å²) in [7, 11) is -3.91. The molecule has 2 fully saturated rings. The quantitative estimate of drug-likeness (QED) is 0.177. The SMILES string of the molecule is CC(C)(C)OC(=O)N1CC(Oc2ccc(C(=O)N3CCC(c4ccc(Oc5ccc(C(F)(F)F)nn5)cc4)CC3)cc2NS(=O)(=O)Cc2ccccc2)C1. The van der Waals surface area contributed by atoms with Gasteiger partial charge in [0.05, 0.1) is 24.5 Å². The van der Waals surface area contributed by atoms with E-state index in [0.29, 0.717) is 37.2 Å². The van der Waals surface area contributed by atoms with Gasteiger partial charge < -0.3 is 24.0 Å². The Morgan fingerprint density at radius 3 is 2.17 bits per heavy atom. The van der Waals surface area contributed by atoms with Crippen molar-refractivity contribution in [2.75, 3.05) is 30.9 Å². The van der Waals surface area contributed by atoms with E-state index in [1.54, 1.807) is 80.3 Å². The van der Waals surface area contributed by atoms with Gasteiger partial charge in [-0.15, -0.1) is 10.2 Å². The lowest BCUT2D eigenvalue weighted by Gasteiger charge is -2.39. The number of benzene rings is 3. The smallest absolute Gasteiger partial charge is 0.435 e. The molecule has 0 radical (unpaired) electrons. The van der Waals surface area contributed by atoms with E-state index in [0.717, 1.165) is 17.7 Å². The van der Waals surface area contributed by atoms with E-state index in [2.05, 4.69) is 14.9 Å². The van der Waals surface area contributed by atoms with Crippen LogP contribution in [0.4, 0.5) is 23.7 Å². The average molecular weight is 768 g/mol. The Morgan fingerprint density at radius 1 is 0.870 bits per heavy atom. The molecule has 1 aromatic heterocycles. The average Bonchev–Trinajstić information content (AvgIpc) is 3.09. The molecule has 2 aliphatic rings. The second-order valence-electron chi connectivity index (χ2n) is 14.2. The lowest BCUT2D eigenvalue weighted by Crippen LogP contribution is -2.57. The summed E-state index contributed by atoms with van der Waals surface area (Å²) >= 11 is 0. The number of hydrogen-bond donors (Lipinski definition) is 1. The summed E-state index contributed by atoms with van der Waals surface area (Å²) in [6.07, 6.45) is -4.12. The Kier molecular flexibility index (Phi) is 11.0. The molecular formula is C38H40F3N5O7S. The third-order valence-electron chi connectivity index (χ3n) is 8.77. The number of alkyl halides is 3. The minimum Gasteiger partial charge on any atom is -0.485 e. The first kappa shape index (κ1) is 38.3. The molecule has 0 bridgehead atoms. The number of rotatable bonds is 10. The van der Waals surface area contributed by atoms with Crippen LogP contribution in [0.2, 0.25) is 0 Å². The number of nitrogens with zero attached hydrogens (tertiary/aromatic N) is 4. The molecule has 2 amide bonds. The van der Waals surface area contributed by atoms with Gasteiger partial charge in [0.15, 0.2) is 5.69 Å². The number of likely N-dealkylation sites (tertiary alicyclic amines) is 2. The third-order valence-corrected chi connectivity index (χ3v) is 10.0. The normalized spacial score (nSPS) is 15.7. The Hall–Kier alpha value is -5.38. The minimum atomic E-state index is -4.59. The van der Waals surface area contributed by atoms with Crippen LogP contribution in [0.5, 0.6) is 17.4 Å². The summed E-state index contributed by atoms with van der Waals surface area (Å²) in [5, 5.41) is 6.67. The number of ether oxygens (including phenoxy) is 3. The number of sulfonamides is 1. The van der Waals surface area contributed by atoms with E-state index in [1.165, 1.54) is 11.0 Å². The van der Waals surface area contributed by atoms with E-state index in [9.17, 15) is 31.2 Å². The monoisotopic (exact) mass is 767 g/mol. The van der Waals surface area contributed by atoms with Gasteiger partial charge in [0.1, 0.15) is 23.2 Å². The molecule has 54 heavy (non-hydrogen) atoms. The number of carbonyl (C=O) groups excluding carboxylic acids is 2. The maximum absolute atomic E-state index is 13.7. The van der Waals surface area contributed by atoms with Crippen molar-refractivity contribution < 1.29 is 45.4 Å². The summed E-state index contributed by atoms with van der Waals surface area (Å²) < 4.78 is 84.6. The van der Waals surface area contributed by atoms with Gasteiger partial charge in [0.2, 0.25) is 15.9 Å². The predicted octanol–water partition coefficient (Wildman–Crippen LogP) is 7.25. The molecule has 2 saturated heterocycles. The molecule has 0 aliphatic carbocycles. The van der Waals surface area contributed by atoms with Gasteiger partial charge in [0, 0.05) is 24.7 Å². The Morgan fingerprint density at radius 2 is 1.56 bits per heavy atom. The van der Waals surface area contributed by atoms with E-state index in [-0.39, 0.29) is 53.5 Å². The molecule has 3 aromatic carbocycles. The first-order chi connectivity index (χ1) is 25.5. The number of anilines is 1. The van der Waals surface area contributed by atoms with Crippen molar-refractivity contribution in [2.24, 2.45) is 0 Å². The molecule has 12 nitrogen and oxygen atoms in total. The Balaban J connectivity index is 1.09. The van der Waals surface area contributed by atoms with Crippen LogP contribution >= 0.6 is 0 Å². The molecule has 4 aromatic rings. The van der Waals surface area contributed by atoms with Crippen molar-refractivity contribution in [3.63, 3.8) is 0 Å². The fraction of sp³-hybridized carbons (Fsp3) is 0.368. The Bertz CT molecular complexity index is 2050. The minimum absolute atomic E-state index is 0.0674. The van der Waals surface area contributed by atoms with Crippen LogP contribution in [0.25, 0.3) is 0 Å². The fourth-order valence-corrected chi connectivity index (χ4v) is 7.26. The number of aromatic nitrogens is 2. The Labute approximate surface area is 311 Å². The van der Waals surface area contributed by atoms with Crippen LogP contribution in [0.3, 0.4) is 0 Å². The zero-order valence-corrected chi connectivity index (χ0v) is 30.7. The molecule has 6 rings (SSSR count). The lowest BCUT2D eigenvalue weighted by molar-refractivity contribution is -0.141. The summed E-state index contributed by atoms with van der Waals surface area (Å²) in [4.78, 5) is 29.4. The third kappa shape index (κ3) is 9.98. The zero-order chi connectivity index (χ0) is 38.7. The van der Waals surface area contributed by atoms with Gasteiger partial charge in [-0.3, -0.25) is 9.52 Å². The van der Waals surface area contributed by atoms with Gasteiger partial charge in [-0.25, -0.2) is 13.2 Å². The number of nitrogens with one attached hydrogen (secondary N) is 1. The van der Waals surface area contributed by atoms with Crippen LogP contribution < -0.4 is 14.2 Å². The van der Waals surface area contributed by atoms with Crippen molar-refractivity contribution in [1.82, 2.24) is 20.0 Å². The summed E-state index contributed by atoms with van der Waals surface area (Å²) in [6.45, 7) is 6.76. The van der Waals surface area contributed by atoms with Gasteiger partial charge in [0.25, 0.3) is 5.91 Å². The van der Waals surface area contributed by atoms with Crippen molar-refractivity contribution in [3.05, 3.63) is 107 Å². The van der Waals surface area contributed by atoms with Crippen LogP contribution in [0.15, 0.2) is 84.9 Å². The van der Waals surface area contributed by atoms with Crippen LogP contribution in [-0.2, 0) is 26.7 Å². The number of hydrogen-bond acceptors (Lipinski definition) is 9. The molecule has 16 heteroatoms. The molecule has 0 unspecified atom stereocenters. The van der Waals surface area contributed by atoms with Crippen molar-refractivity contribution in [2.45, 2.75) is 63.2 Å². The number of carbonyl (C=O) groups is 2. The van der Waals surface area contributed by atoms with E-state index in [4.69, 9.17) is 14.2 Å². The molecule has 286 valence electrons. The highest BCUT2D eigenvalue weighted by atomic mass is 32.2. The van der Waals surface area contributed by atoms with Gasteiger partial charge in [-0.1, -0.05) is 42.5 Å². The maximum Gasteiger partial charge on any atom is 0.435 e. The van der Waals surface area contributed by atoms with Gasteiger partial charge in [-0.05, 0) is 87.1 Å². The number of piperidine rings is 1.